The molecule has 1 heterocycles. The number of halogens is 2. The summed E-state index contributed by atoms with van der Waals surface area (Å²) in [6.07, 6.45) is 0. The second-order valence-corrected chi connectivity index (χ2v) is 5.99. The van der Waals surface area contributed by atoms with Crippen LogP contribution in [0.5, 0.6) is 0 Å². The van der Waals surface area contributed by atoms with E-state index in [2.05, 4.69) is 4.98 Å². The number of aryl methyl sites for hydroxylation is 1. The van der Waals surface area contributed by atoms with Crippen LogP contribution in [0.4, 0.5) is 0 Å². The second-order valence-electron chi connectivity index (χ2n) is 5.18. The molecular formula is C18H14Cl2N2O. The van der Waals surface area contributed by atoms with Gasteiger partial charge in [-0.2, -0.15) is 0 Å². The minimum atomic E-state index is -0.132. The van der Waals surface area contributed by atoms with E-state index in [0.29, 0.717) is 28.1 Å². The molecule has 23 heavy (non-hydrogen) atoms. The van der Waals surface area contributed by atoms with E-state index in [-0.39, 0.29) is 5.56 Å². The summed E-state index contributed by atoms with van der Waals surface area (Å²) >= 11 is 12.4. The average Bonchev–Trinajstić information content (AvgIpc) is 2.54. The molecule has 0 unspecified atom stereocenters. The van der Waals surface area contributed by atoms with Gasteiger partial charge in [0.25, 0.3) is 5.56 Å². The minimum absolute atomic E-state index is 0.132. The van der Waals surface area contributed by atoms with Gasteiger partial charge < -0.3 is 0 Å². The molecule has 0 N–H and O–H groups in total. The maximum Gasteiger partial charge on any atom is 0.254 e. The van der Waals surface area contributed by atoms with Crippen molar-refractivity contribution in [2.75, 3.05) is 0 Å². The summed E-state index contributed by atoms with van der Waals surface area (Å²) in [6, 6.07) is 16.4. The van der Waals surface area contributed by atoms with Crippen LogP contribution in [0.1, 0.15) is 11.4 Å². The number of rotatable bonds is 3. The molecule has 116 valence electrons. The third-order valence-corrected chi connectivity index (χ3v) is 4.35. The number of benzene rings is 2. The topological polar surface area (TPSA) is 34.9 Å². The molecule has 3 rings (SSSR count). The van der Waals surface area contributed by atoms with Crippen LogP contribution in [0.2, 0.25) is 10.0 Å². The number of nitrogens with zero attached hydrogens (tertiary/aromatic N) is 2. The van der Waals surface area contributed by atoms with Crippen LogP contribution >= 0.6 is 23.2 Å². The fraction of sp³-hybridized carbons (Fsp3) is 0.111. The Balaban J connectivity index is 2.04. The Kier molecular flexibility index (Phi) is 4.51. The molecule has 0 saturated heterocycles. The first-order valence-electron chi connectivity index (χ1n) is 7.13. The van der Waals surface area contributed by atoms with E-state index < -0.39 is 0 Å². The Morgan fingerprint density at radius 1 is 1.00 bits per heavy atom. The first kappa shape index (κ1) is 15.8. The zero-order chi connectivity index (χ0) is 16.4. The van der Waals surface area contributed by atoms with Crippen LogP contribution in [0, 0.1) is 6.92 Å². The van der Waals surface area contributed by atoms with Gasteiger partial charge in [0.05, 0.1) is 12.2 Å². The molecule has 0 radical (unpaired) electrons. The molecule has 0 atom stereocenters. The van der Waals surface area contributed by atoms with Crippen LogP contribution in [0.15, 0.2) is 59.4 Å². The Hall–Kier alpha value is -2.10. The van der Waals surface area contributed by atoms with Gasteiger partial charge in [-0.05, 0) is 19.1 Å². The number of hydrogen-bond donors (Lipinski definition) is 0. The van der Waals surface area contributed by atoms with Gasteiger partial charge in [-0.15, -0.1) is 0 Å². The zero-order valence-corrected chi connectivity index (χ0v) is 14.0. The fourth-order valence-electron chi connectivity index (χ4n) is 2.41. The summed E-state index contributed by atoms with van der Waals surface area (Å²) in [4.78, 5) is 17.0. The minimum Gasteiger partial charge on any atom is -0.292 e. The number of hydrogen-bond acceptors (Lipinski definition) is 2. The maximum absolute atomic E-state index is 12.5. The molecule has 0 amide bonds. The van der Waals surface area contributed by atoms with Crippen molar-refractivity contribution in [2.24, 2.45) is 0 Å². The van der Waals surface area contributed by atoms with E-state index >= 15 is 0 Å². The normalized spacial score (nSPS) is 10.7. The summed E-state index contributed by atoms with van der Waals surface area (Å²) in [7, 11) is 0. The van der Waals surface area contributed by atoms with Gasteiger partial charge in [0.15, 0.2) is 0 Å². The van der Waals surface area contributed by atoms with E-state index in [1.54, 1.807) is 29.7 Å². The highest BCUT2D eigenvalue weighted by Gasteiger charge is 2.11. The van der Waals surface area contributed by atoms with Gasteiger partial charge in [0.2, 0.25) is 0 Å². The predicted molar refractivity (Wildman–Crippen MR) is 94.2 cm³/mol. The quantitative estimate of drug-likeness (QED) is 0.697. The molecular weight excluding hydrogens is 331 g/mol. The molecule has 0 saturated carbocycles. The van der Waals surface area contributed by atoms with Crippen LogP contribution in [-0.2, 0) is 6.54 Å². The monoisotopic (exact) mass is 344 g/mol. The summed E-state index contributed by atoms with van der Waals surface area (Å²) < 4.78 is 1.57. The van der Waals surface area contributed by atoms with Gasteiger partial charge in [0, 0.05) is 27.2 Å². The zero-order valence-electron chi connectivity index (χ0n) is 12.5. The van der Waals surface area contributed by atoms with Crippen molar-refractivity contribution in [3.05, 3.63) is 86.4 Å². The summed E-state index contributed by atoms with van der Waals surface area (Å²) in [5.74, 6) is 0.618. The Morgan fingerprint density at radius 3 is 2.26 bits per heavy atom. The van der Waals surface area contributed by atoms with Gasteiger partial charge in [-0.3, -0.25) is 9.36 Å². The molecule has 5 heteroatoms. The number of aromatic nitrogens is 2. The smallest absolute Gasteiger partial charge is 0.254 e. The van der Waals surface area contributed by atoms with Crippen LogP contribution in [0.25, 0.3) is 11.3 Å². The molecule has 3 aromatic rings. The standard InChI is InChI=1S/C18H14Cl2N2O/c1-12-21-17(13-6-3-2-4-7-13)10-18(23)22(12)11-14-15(19)8-5-9-16(14)20/h2-10H,11H2,1H3. The lowest BCUT2D eigenvalue weighted by molar-refractivity contribution is 0.702. The fourth-order valence-corrected chi connectivity index (χ4v) is 2.93. The van der Waals surface area contributed by atoms with E-state index in [9.17, 15) is 4.79 Å². The van der Waals surface area contributed by atoms with Crippen LogP contribution < -0.4 is 5.56 Å². The summed E-state index contributed by atoms with van der Waals surface area (Å²) in [5.41, 5.74) is 2.16. The van der Waals surface area contributed by atoms with E-state index in [1.807, 2.05) is 30.3 Å². The van der Waals surface area contributed by atoms with Gasteiger partial charge >= 0.3 is 0 Å². The Bertz CT molecular complexity index is 884. The van der Waals surface area contributed by atoms with E-state index in [0.717, 1.165) is 11.1 Å². The third kappa shape index (κ3) is 3.31. The average molecular weight is 345 g/mol. The molecule has 2 aromatic carbocycles. The Labute approximate surface area is 144 Å². The van der Waals surface area contributed by atoms with Gasteiger partial charge in [0.1, 0.15) is 5.82 Å². The van der Waals surface area contributed by atoms with Crippen molar-refractivity contribution < 1.29 is 0 Å². The molecule has 0 bridgehead atoms. The summed E-state index contributed by atoms with van der Waals surface area (Å²) in [5, 5.41) is 1.08. The van der Waals surface area contributed by atoms with Crippen molar-refractivity contribution >= 4 is 23.2 Å². The lowest BCUT2D eigenvalue weighted by Crippen LogP contribution is -2.24. The van der Waals surface area contributed by atoms with Gasteiger partial charge in [-0.25, -0.2) is 4.98 Å². The highest BCUT2D eigenvalue weighted by molar-refractivity contribution is 6.35. The SMILES string of the molecule is Cc1nc(-c2ccccc2)cc(=O)n1Cc1c(Cl)cccc1Cl. The molecule has 1 aromatic heterocycles. The second kappa shape index (κ2) is 6.57. The molecule has 0 aliphatic heterocycles. The Morgan fingerprint density at radius 2 is 1.65 bits per heavy atom. The molecule has 0 spiro atoms. The third-order valence-electron chi connectivity index (χ3n) is 3.65. The van der Waals surface area contributed by atoms with Crippen molar-refractivity contribution in [2.45, 2.75) is 13.5 Å². The van der Waals surface area contributed by atoms with E-state index in [1.165, 1.54) is 6.07 Å². The van der Waals surface area contributed by atoms with E-state index in [4.69, 9.17) is 23.2 Å². The van der Waals surface area contributed by atoms with Crippen molar-refractivity contribution in [3.63, 3.8) is 0 Å². The first-order chi connectivity index (χ1) is 11.1. The van der Waals surface area contributed by atoms with Crippen LogP contribution in [-0.4, -0.2) is 9.55 Å². The van der Waals surface area contributed by atoms with Crippen LogP contribution in [0.3, 0.4) is 0 Å². The van der Waals surface area contributed by atoms with Crippen molar-refractivity contribution in [1.29, 1.82) is 0 Å². The molecule has 0 aliphatic carbocycles. The highest BCUT2D eigenvalue weighted by atomic mass is 35.5. The lowest BCUT2D eigenvalue weighted by Gasteiger charge is -2.13. The lowest BCUT2D eigenvalue weighted by atomic mass is 10.1. The summed E-state index contributed by atoms with van der Waals surface area (Å²) in [6.45, 7) is 2.10. The predicted octanol–water partition coefficient (Wildman–Crippen LogP) is 4.57. The van der Waals surface area contributed by atoms with Crippen molar-refractivity contribution in [1.82, 2.24) is 9.55 Å². The largest absolute Gasteiger partial charge is 0.292 e. The molecule has 0 fully saturated rings. The molecule has 3 nitrogen and oxygen atoms in total. The molecule has 0 aliphatic rings. The maximum atomic E-state index is 12.5. The highest BCUT2D eigenvalue weighted by Crippen LogP contribution is 2.25. The van der Waals surface area contributed by atoms with Crippen molar-refractivity contribution in [3.8, 4) is 11.3 Å². The van der Waals surface area contributed by atoms with Gasteiger partial charge in [-0.1, -0.05) is 59.6 Å². The first-order valence-corrected chi connectivity index (χ1v) is 7.88.